The SMILES string of the molecule is CCOC(=O)Nc1ccc(NCc2ccc([18F])cc2)nc1N. The van der Waals surface area contributed by atoms with Gasteiger partial charge in [0.2, 0.25) is 0 Å². The van der Waals surface area contributed by atoms with Gasteiger partial charge in [0.15, 0.2) is 0 Å². The minimum Gasteiger partial charge on any atom is -0.450 e. The summed E-state index contributed by atoms with van der Waals surface area (Å²) in [7, 11) is 0. The summed E-state index contributed by atoms with van der Waals surface area (Å²) in [6, 6.07) is 9.47. The predicted molar refractivity (Wildman–Crippen MR) is 83.0 cm³/mol. The topological polar surface area (TPSA) is 89.3 Å². The zero-order valence-electron chi connectivity index (χ0n) is 12.1. The van der Waals surface area contributed by atoms with Crippen molar-refractivity contribution in [1.82, 2.24) is 4.98 Å². The highest BCUT2D eigenvalue weighted by Crippen LogP contribution is 2.19. The fraction of sp³-hybridized carbons (Fsp3) is 0.200. The second-order valence-electron chi connectivity index (χ2n) is 4.45. The Balaban J connectivity index is 1.97. The molecule has 0 fully saturated rings. The Morgan fingerprint density at radius 3 is 2.64 bits per heavy atom. The number of rotatable bonds is 5. The van der Waals surface area contributed by atoms with Crippen molar-refractivity contribution in [3.8, 4) is 0 Å². The summed E-state index contributed by atoms with van der Waals surface area (Å²) < 4.78 is 17.6. The first-order valence-corrected chi connectivity index (χ1v) is 6.77. The zero-order chi connectivity index (χ0) is 15.9. The van der Waals surface area contributed by atoms with Crippen LogP contribution >= 0.6 is 0 Å². The quantitative estimate of drug-likeness (QED) is 0.790. The molecule has 0 saturated heterocycles. The summed E-state index contributed by atoms with van der Waals surface area (Å²) in [5, 5.41) is 5.57. The van der Waals surface area contributed by atoms with Crippen molar-refractivity contribution < 1.29 is 13.9 Å². The number of nitrogens with zero attached hydrogens (tertiary/aromatic N) is 1. The molecule has 6 nitrogen and oxygen atoms in total. The van der Waals surface area contributed by atoms with E-state index in [0.717, 1.165) is 5.56 Å². The number of carbonyl (C=O) groups is 1. The van der Waals surface area contributed by atoms with Crippen molar-refractivity contribution in [2.45, 2.75) is 13.5 Å². The zero-order valence-corrected chi connectivity index (χ0v) is 12.1. The maximum atomic E-state index is 12.8. The molecule has 1 aromatic heterocycles. The van der Waals surface area contributed by atoms with Gasteiger partial charge < -0.3 is 15.8 Å². The van der Waals surface area contributed by atoms with Crippen LogP contribution in [-0.2, 0) is 11.3 Å². The normalized spacial score (nSPS) is 10.1. The summed E-state index contributed by atoms with van der Waals surface area (Å²) in [5.41, 5.74) is 7.08. The molecule has 2 aromatic rings. The van der Waals surface area contributed by atoms with Gasteiger partial charge in [0.25, 0.3) is 0 Å². The van der Waals surface area contributed by atoms with Crippen LogP contribution in [0.1, 0.15) is 12.5 Å². The third-order valence-corrected chi connectivity index (χ3v) is 2.82. The molecule has 0 aliphatic carbocycles. The second-order valence-corrected chi connectivity index (χ2v) is 4.45. The number of pyridine rings is 1. The van der Waals surface area contributed by atoms with Gasteiger partial charge in [-0.3, -0.25) is 5.32 Å². The van der Waals surface area contributed by atoms with E-state index in [4.69, 9.17) is 10.5 Å². The van der Waals surface area contributed by atoms with Crippen LogP contribution in [-0.4, -0.2) is 17.7 Å². The molecular formula is C15H17FN4O2. The molecule has 0 unspecified atom stereocenters. The molecule has 22 heavy (non-hydrogen) atoms. The first kappa shape index (κ1) is 15.6. The van der Waals surface area contributed by atoms with Crippen LogP contribution in [0.25, 0.3) is 0 Å². The molecule has 1 aromatic carbocycles. The third-order valence-electron chi connectivity index (χ3n) is 2.82. The van der Waals surface area contributed by atoms with E-state index in [-0.39, 0.29) is 18.2 Å². The van der Waals surface area contributed by atoms with Gasteiger partial charge in [0.05, 0.1) is 12.3 Å². The van der Waals surface area contributed by atoms with Gasteiger partial charge in [0.1, 0.15) is 17.5 Å². The Bertz CT molecular complexity index is 646. The monoisotopic (exact) mass is 303 g/mol. The van der Waals surface area contributed by atoms with Gasteiger partial charge in [-0.25, -0.2) is 14.2 Å². The van der Waals surface area contributed by atoms with Gasteiger partial charge in [-0.2, -0.15) is 0 Å². The van der Waals surface area contributed by atoms with E-state index < -0.39 is 6.09 Å². The minimum absolute atomic E-state index is 0.178. The molecular weight excluding hydrogens is 286 g/mol. The van der Waals surface area contributed by atoms with Crippen LogP contribution in [0.2, 0.25) is 0 Å². The Labute approximate surface area is 127 Å². The highest BCUT2D eigenvalue weighted by Gasteiger charge is 2.07. The first-order chi connectivity index (χ1) is 10.6. The van der Waals surface area contributed by atoms with E-state index in [1.54, 1.807) is 31.2 Å². The average molecular weight is 303 g/mol. The number of amides is 1. The molecule has 7 heteroatoms. The summed E-state index contributed by atoms with van der Waals surface area (Å²) in [6.45, 7) is 2.47. The number of ether oxygens (including phenoxy) is 1. The lowest BCUT2D eigenvalue weighted by molar-refractivity contribution is 0.168. The summed E-state index contributed by atoms with van der Waals surface area (Å²) in [5.74, 6) is 0.453. The largest absolute Gasteiger partial charge is 0.450 e. The maximum Gasteiger partial charge on any atom is 0.411 e. The Hall–Kier alpha value is -2.83. The second kappa shape index (κ2) is 7.26. The van der Waals surface area contributed by atoms with Crippen LogP contribution in [0.15, 0.2) is 36.4 Å². The summed E-state index contributed by atoms with van der Waals surface area (Å²) in [4.78, 5) is 15.5. The number of benzene rings is 1. The molecule has 0 aliphatic heterocycles. The third kappa shape index (κ3) is 4.34. The number of hydrogen-bond acceptors (Lipinski definition) is 5. The predicted octanol–water partition coefficient (Wildman–Crippen LogP) is 2.98. The lowest BCUT2D eigenvalue weighted by Gasteiger charge is -2.10. The lowest BCUT2D eigenvalue weighted by atomic mass is 10.2. The molecule has 1 amide bonds. The maximum absolute atomic E-state index is 12.8. The molecule has 1 heterocycles. The number of nitrogens with two attached hydrogens (primary N) is 1. The van der Waals surface area contributed by atoms with Gasteiger partial charge >= 0.3 is 6.09 Å². The number of aromatic nitrogens is 1. The van der Waals surface area contributed by atoms with Gasteiger partial charge in [0, 0.05) is 6.54 Å². The van der Waals surface area contributed by atoms with Gasteiger partial charge in [-0.1, -0.05) is 12.1 Å². The Morgan fingerprint density at radius 1 is 1.27 bits per heavy atom. The number of anilines is 3. The van der Waals surface area contributed by atoms with E-state index in [0.29, 0.717) is 18.1 Å². The molecule has 0 radical (unpaired) electrons. The van der Waals surface area contributed by atoms with Crippen LogP contribution in [0.3, 0.4) is 0 Å². The van der Waals surface area contributed by atoms with Crippen LogP contribution in [0.5, 0.6) is 0 Å². The molecule has 0 aliphatic rings. The molecule has 4 N–H and O–H groups in total. The van der Waals surface area contributed by atoms with Crippen molar-refractivity contribution in [3.05, 3.63) is 47.8 Å². The molecule has 0 saturated carbocycles. The van der Waals surface area contributed by atoms with Crippen LogP contribution in [0.4, 0.5) is 26.5 Å². The minimum atomic E-state index is -0.581. The summed E-state index contributed by atoms with van der Waals surface area (Å²) >= 11 is 0. The van der Waals surface area contributed by atoms with Crippen molar-refractivity contribution in [3.63, 3.8) is 0 Å². The number of carbonyl (C=O) groups excluding carboxylic acids is 1. The smallest absolute Gasteiger partial charge is 0.411 e. The molecule has 0 bridgehead atoms. The van der Waals surface area contributed by atoms with Gasteiger partial charge in [-0.15, -0.1) is 0 Å². The Kier molecular flexibility index (Phi) is 5.13. The average Bonchev–Trinajstić information content (AvgIpc) is 2.49. The van der Waals surface area contributed by atoms with Crippen molar-refractivity contribution in [2.75, 3.05) is 23.0 Å². The van der Waals surface area contributed by atoms with Crippen LogP contribution < -0.4 is 16.4 Å². The van der Waals surface area contributed by atoms with Crippen LogP contribution in [0, 0.1) is 5.82 Å². The molecule has 2 rings (SSSR count). The van der Waals surface area contributed by atoms with Gasteiger partial charge in [-0.05, 0) is 36.8 Å². The Morgan fingerprint density at radius 2 is 2.00 bits per heavy atom. The van der Waals surface area contributed by atoms with Crippen molar-refractivity contribution >= 4 is 23.4 Å². The lowest BCUT2D eigenvalue weighted by Crippen LogP contribution is -2.15. The molecule has 116 valence electrons. The first-order valence-electron chi connectivity index (χ1n) is 6.77. The van der Waals surface area contributed by atoms with Crippen molar-refractivity contribution in [2.24, 2.45) is 0 Å². The fourth-order valence-corrected chi connectivity index (χ4v) is 1.75. The number of hydrogen-bond donors (Lipinski definition) is 3. The van der Waals surface area contributed by atoms with Crippen molar-refractivity contribution in [1.29, 1.82) is 0 Å². The van der Waals surface area contributed by atoms with E-state index in [1.807, 2.05) is 0 Å². The standard InChI is InChI=1S/C15H17FN4O2/c1-2-22-15(21)19-12-7-8-13(20-14(12)17)18-9-10-3-5-11(16)6-4-10/h3-8H,2,9H2,1H3,(H,19,21)(H3,17,18,20)/i16-1. The van der Waals surface area contributed by atoms with E-state index in [2.05, 4.69) is 15.6 Å². The molecule has 0 spiro atoms. The number of nitrogens with one attached hydrogen (secondary N) is 2. The fourth-order valence-electron chi connectivity index (χ4n) is 1.75. The van der Waals surface area contributed by atoms with E-state index >= 15 is 0 Å². The van der Waals surface area contributed by atoms with E-state index in [1.165, 1.54) is 12.1 Å². The molecule has 0 atom stereocenters. The highest BCUT2D eigenvalue weighted by molar-refractivity contribution is 5.88. The number of nitrogen functional groups attached to an aromatic ring is 1. The summed E-state index contributed by atoms with van der Waals surface area (Å²) in [6.07, 6.45) is -0.581. The van der Waals surface area contributed by atoms with E-state index in [9.17, 15) is 9.18 Å². The highest BCUT2D eigenvalue weighted by atomic mass is 18.2. The number of halogens is 1.